The van der Waals surface area contributed by atoms with Crippen LogP contribution >= 0.6 is 11.6 Å². The molecule has 8 heteroatoms. The molecule has 196 valence electrons. The van der Waals surface area contributed by atoms with Crippen LogP contribution in [0, 0.1) is 0 Å². The van der Waals surface area contributed by atoms with Crippen molar-refractivity contribution in [3.05, 3.63) is 53.2 Å². The Balaban J connectivity index is 1.22. The van der Waals surface area contributed by atoms with Gasteiger partial charge in [-0.1, -0.05) is 30.2 Å². The Labute approximate surface area is 225 Å². The molecule has 0 spiro atoms. The lowest BCUT2D eigenvalue weighted by atomic mass is 9.80. The van der Waals surface area contributed by atoms with Gasteiger partial charge in [-0.15, -0.1) is 0 Å². The van der Waals surface area contributed by atoms with Gasteiger partial charge in [0.05, 0.1) is 5.69 Å². The molecule has 2 saturated heterocycles. The first-order valence-corrected chi connectivity index (χ1v) is 14.4. The van der Waals surface area contributed by atoms with E-state index < -0.39 is 0 Å². The smallest absolute Gasteiger partial charge is 0.137 e. The summed E-state index contributed by atoms with van der Waals surface area (Å²) in [5.41, 5.74) is 3.51. The van der Waals surface area contributed by atoms with Gasteiger partial charge in [0.25, 0.3) is 0 Å². The second kappa shape index (κ2) is 11.0. The Morgan fingerprint density at radius 2 is 1.65 bits per heavy atom. The van der Waals surface area contributed by atoms with Gasteiger partial charge >= 0.3 is 0 Å². The van der Waals surface area contributed by atoms with Gasteiger partial charge in [-0.05, 0) is 69.7 Å². The van der Waals surface area contributed by atoms with Crippen molar-refractivity contribution in [3.8, 4) is 11.3 Å². The molecule has 7 nitrogen and oxygen atoms in total. The van der Waals surface area contributed by atoms with Gasteiger partial charge in [0.1, 0.15) is 23.8 Å². The molecule has 0 amide bonds. The van der Waals surface area contributed by atoms with E-state index in [4.69, 9.17) is 21.6 Å². The maximum atomic E-state index is 6.16. The molecular formula is C29H38ClN7. The highest BCUT2D eigenvalue weighted by molar-refractivity contribution is 6.30. The number of nitrogens with one attached hydrogen (secondary N) is 1. The van der Waals surface area contributed by atoms with E-state index in [1.807, 2.05) is 19.2 Å². The van der Waals surface area contributed by atoms with Crippen LogP contribution in [0.2, 0.25) is 5.02 Å². The van der Waals surface area contributed by atoms with Gasteiger partial charge < -0.3 is 19.7 Å². The first-order valence-electron chi connectivity index (χ1n) is 14.0. The highest BCUT2D eigenvalue weighted by Gasteiger charge is 2.32. The van der Waals surface area contributed by atoms with Crippen molar-refractivity contribution in [2.75, 3.05) is 50.0 Å². The maximum absolute atomic E-state index is 6.16. The Kier molecular flexibility index (Phi) is 7.34. The van der Waals surface area contributed by atoms with E-state index in [1.165, 1.54) is 56.6 Å². The molecule has 2 aliphatic heterocycles. The summed E-state index contributed by atoms with van der Waals surface area (Å²) < 4.78 is 2.44. The van der Waals surface area contributed by atoms with Gasteiger partial charge in [0, 0.05) is 61.5 Å². The van der Waals surface area contributed by atoms with Crippen molar-refractivity contribution in [2.45, 2.75) is 63.3 Å². The van der Waals surface area contributed by atoms with Crippen molar-refractivity contribution in [1.82, 2.24) is 24.4 Å². The number of imidazole rings is 1. The lowest BCUT2D eigenvalue weighted by molar-refractivity contribution is 0.317. The van der Waals surface area contributed by atoms with Gasteiger partial charge in [0.2, 0.25) is 0 Å². The molecule has 37 heavy (non-hydrogen) atoms. The Bertz CT molecular complexity index is 1190. The van der Waals surface area contributed by atoms with Crippen molar-refractivity contribution in [3.63, 3.8) is 0 Å². The molecule has 2 aromatic heterocycles. The molecule has 6 rings (SSSR count). The largest absolute Gasteiger partial charge is 0.373 e. The van der Waals surface area contributed by atoms with E-state index in [-0.39, 0.29) is 0 Å². The minimum Gasteiger partial charge on any atom is -0.373 e. The van der Waals surface area contributed by atoms with Crippen LogP contribution in [-0.2, 0) is 6.54 Å². The minimum atomic E-state index is 0.452. The summed E-state index contributed by atoms with van der Waals surface area (Å²) >= 11 is 6.16. The molecule has 1 N–H and O–H groups in total. The standard InChI is InChI=1S/C29H38ClN7/c1-31-27-26(22-5-4-6-22)29(33-20-32-27)36-15-11-23(12-16-36)28-34-25(21-7-9-24(30)10-8-21)19-37(28)18-17-35-13-2-3-14-35/h7-10,19-20,22-23H,2-6,11-18H2,1H3,(H,31,32,33). The van der Waals surface area contributed by atoms with E-state index in [9.17, 15) is 0 Å². The lowest BCUT2D eigenvalue weighted by Gasteiger charge is -2.36. The number of benzene rings is 1. The third kappa shape index (κ3) is 5.21. The Hall–Kier alpha value is -2.64. The van der Waals surface area contributed by atoms with Crippen molar-refractivity contribution in [2.24, 2.45) is 0 Å². The van der Waals surface area contributed by atoms with E-state index in [0.29, 0.717) is 11.8 Å². The zero-order valence-electron chi connectivity index (χ0n) is 21.9. The summed E-state index contributed by atoms with van der Waals surface area (Å²) in [7, 11) is 1.97. The first kappa shape index (κ1) is 24.7. The number of aromatic nitrogens is 4. The molecule has 0 unspecified atom stereocenters. The van der Waals surface area contributed by atoms with Crippen LogP contribution in [0.4, 0.5) is 11.6 Å². The quantitative estimate of drug-likeness (QED) is 0.407. The number of piperidine rings is 1. The second-order valence-electron chi connectivity index (χ2n) is 10.8. The van der Waals surface area contributed by atoms with Gasteiger partial charge in [-0.2, -0.15) is 0 Å². The van der Waals surface area contributed by atoms with Crippen LogP contribution in [0.15, 0.2) is 36.8 Å². The molecule has 1 aromatic carbocycles. The van der Waals surface area contributed by atoms with Crippen LogP contribution in [0.1, 0.15) is 68.2 Å². The maximum Gasteiger partial charge on any atom is 0.137 e. The predicted octanol–water partition coefficient (Wildman–Crippen LogP) is 5.78. The minimum absolute atomic E-state index is 0.452. The average Bonchev–Trinajstić information content (AvgIpc) is 3.57. The fourth-order valence-corrected chi connectivity index (χ4v) is 6.34. The number of nitrogens with zero attached hydrogens (tertiary/aromatic N) is 6. The fraction of sp³-hybridized carbons (Fsp3) is 0.552. The monoisotopic (exact) mass is 519 g/mol. The number of rotatable bonds is 8. The number of hydrogen-bond donors (Lipinski definition) is 1. The predicted molar refractivity (Wildman–Crippen MR) is 151 cm³/mol. The second-order valence-corrected chi connectivity index (χ2v) is 11.3. The summed E-state index contributed by atoms with van der Waals surface area (Å²) in [5.74, 6) is 4.42. The highest BCUT2D eigenvalue weighted by atomic mass is 35.5. The third-order valence-corrected chi connectivity index (χ3v) is 8.83. The van der Waals surface area contributed by atoms with Crippen LogP contribution in [0.3, 0.4) is 0 Å². The SMILES string of the molecule is CNc1ncnc(N2CCC(c3nc(-c4ccc(Cl)cc4)cn3CCN3CCCC3)CC2)c1C1CCC1. The van der Waals surface area contributed by atoms with Crippen LogP contribution in [-0.4, -0.2) is 64.2 Å². The fourth-order valence-electron chi connectivity index (χ4n) is 6.21. The van der Waals surface area contributed by atoms with Crippen LogP contribution in [0.25, 0.3) is 11.3 Å². The van der Waals surface area contributed by atoms with E-state index in [2.05, 4.69) is 43.0 Å². The van der Waals surface area contributed by atoms with Crippen LogP contribution in [0.5, 0.6) is 0 Å². The van der Waals surface area contributed by atoms with Crippen molar-refractivity contribution >= 4 is 23.2 Å². The van der Waals surface area contributed by atoms with Gasteiger partial charge in [-0.3, -0.25) is 0 Å². The Morgan fingerprint density at radius 1 is 0.892 bits per heavy atom. The van der Waals surface area contributed by atoms with E-state index in [0.717, 1.165) is 66.9 Å². The summed E-state index contributed by atoms with van der Waals surface area (Å²) in [6.45, 7) is 6.55. The van der Waals surface area contributed by atoms with E-state index >= 15 is 0 Å². The molecule has 1 saturated carbocycles. The zero-order chi connectivity index (χ0) is 25.2. The molecule has 0 radical (unpaired) electrons. The average molecular weight is 520 g/mol. The molecule has 3 aliphatic rings. The van der Waals surface area contributed by atoms with E-state index in [1.54, 1.807) is 6.33 Å². The normalized spacial score (nSPS) is 19.4. The molecule has 3 fully saturated rings. The molecular weight excluding hydrogens is 482 g/mol. The summed E-state index contributed by atoms with van der Waals surface area (Å²) in [6.07, 6.45) is 12.6. The lowest BCUT2D eigenvalue weighted by Crippen LogP contribution is -2.36. The summed E-state index contributed by atoms with van der Waals surface area (Å²) in [5, 5.41) is 4.08. The number of anilines is 2. The summed E-state index contributed by atoms with van der Waals surface area (Å²) in [4.78, 5) is 19.6. The topological polar surface area (TPSA) is 62.1 Å². The van der Waals surface area contributed by atoms with Gasteiger partial charge in [0.15, 0.2) is 0 Å². The van der Waals surface area contributed by atoms with Crippen LogP contribution < -0.4 is 10.2 Å². The number of likely N-dealkylation sites (tertiary alicyclic amines) is 1. The Morgan fingerprint density at radius 3 is 2.32 bits per heavy atom. The van der Waals surface area contributed by atoms with Crippen molar-refractivity contribution < 1.29 is 0 Å². The number of hydrogen-bond acceptors (Lipinski definition) is 6. The molecule has 1 aliphatic carbocycles. The molecule has 0 bridgehead atoms. The third-order valence-electron chi connectivity index (χ3n) is 8.58. The molecule has 0 atom stereocenters. The molecule has 4 heterocycles. The molecule has 3 aromatic rings. The zero-order valence-corrected chi connectivity index (χ0v) is 22.6. The van der Waals surface area contributed by atoms with Crippen molar-refractivity contribution in [1.29, 1.82) is 0 Å². The van der Waals surface area contributed by atoms with Gasteiger partial charge in [-0.25, -0.2) is 15.0 Å². The highest BCUT2D eigenvalue weighted by Crippen LogP contribution is 2.44. The summed E-state index contributed by atoms with van der Waals surface area (Å²) in [6, 6.07) is 8.08. The first-order chi connectivity index (χ1) is 18.2. The number of halogens is 1.